The second-order valence-corrected chi connectivity index (χ2v) is 17.2. The number of hydrogen-bond donors (Lipinski definition) is 4. The molecule has 0 radical (unpaired) electrons. The van der Waals surface area contributed by atoms with Gasteiger partial charge in [0.1, 0.15) is 36.8 Å². The summed E-state index contributed by atoms with van der Waals surface area (Å²) in [6.45, 7) is 3.64. The summed E-state index contributed by atoms with van der Waals surface area (Å²) < 4.78 is 54.0. The second-order valence-electron chi connectivity index (χ2n) is 15.7. The lowest BCUT2D eigenvalue weighted by molar-refractivity contribution is -0.297. The molecule has 4 N–H and O–H groups in total. The number of aliphatic hydroxyl groups excluding tert-OH is 3. The number of esters is 2. The maximum Gasteiger partial charge on any atom is 0.306 e. The maximum atomic E-state index is 12.8. The largest absolute Gasteiger partial charge is 0.462 e. The highest BCUT2D eigenvalue weighted by molar-refractivity contribution is 7.85. The van der Waals surface area contributed by atoms with Crippen molar-refractivity contribution < 1.29 is 56.8 Å². The standard InChI is InChI=1S/C45H80O12S/c1-3-5-7-9-11-13-15-17-19-21-23-25-27-29-31-33-40(46)54-35-38(36-55-45-44(50)43(49)42(48)39(57-45)37-58(51,52)53)56-41(47)34-32-30-28-26-24-22-20-18-16-14-12-10-8-6-4-2/h6,8,12,14,18,20,38-39,42-45,48-50H,3-5,7,9-11,13,15-17,19,21-37H2,1-2H3,(H,51,52,53)/b8-6+,14-12+,20-18+/t38-,39-,42-,43?,44?,45+/m1/s1. The molecule has 0 spiro atoms. The van der Waals surface area contributed by atoms with Crippen LogP contribution >= 0.6 is 0 Å². The average molecular weight is 845 g/mol. The first-order valence-corrected chi connectivity index (χ1v) is 24.2. The van der Waals surface area contributed by atoms with E-state index in [2.05, 4.69) is 50.3 Å². The van der Waals surface area contributed by atoms with Gasteiger partial charge in [0.05, 0.1) is 6.61 Å². The fourth-order valence-electron chi connectivity index (χ4n) is 6.75. The first kappa shape index (κ1) is 53.9. The number of rotatable bonds is 37. The van der Waals surface area contributed by atoms with Gasteiger partial charge >= 0.3 is 11.9 Å². The van der Waals surface area contributed by atoms with Crippen LogP contribution in [0.3, 0.4) is 0 Å². The Hall–Kier alpha value is -2.13. The zero-order valence-corrected chi connectivity index (χ0v) is 36.7. The molecular weight excluding hydrogens is 765 g/mol. The van der Waals surface area contributed by atoms with Crippen molar-refractivity contribution in [3.05, 3.63) is 36.5 Å². The summed E-state index contributed by atoms with van der Waals surface area (Å²) in [6.07, 6.45) is 30.4. The molecule has 1 rings (SSSR count). The van der Waals surface area contributed by atoms with Crippen LogP contribution in [0.4, 0.5) is 0 Å². The molecule has 1 fully saturated rings. The molecule has 1 saturated heterocycles. The molecule has 1 aliphatic heterocycles. The Labute approximate surface area is 351 Å². The number of carbonyl (C=O) groups excluding carboxylic acids is 2. The molecule has 2 unspecified atom stereocenters. The van der Waals surface area contributed by atoms with Crippen LogP contribution in [0.2, 0.25) is 0 Å². The monoisotopic (exact) mass is 845 g/mol. The van der Waals surface area contributed by atoms with Crippen molar-refractivity contribution in [2.75, 3.05) is 19.0 Å². The minimum absolute atomic E-state index is 0.146. The third-order valence-corrected chi connectivity index (χ3v) is 11.0. The topological polar surface area (TPSA) is 186 Å². The Morgan fingerprint density at radius 3 is 1.62 bits per heavy atom. The Morgan fingerprint density at radius 1 is 0.603 bits per heavy atom. The summed E-state index contributed by atoms with van der Waals surface area (Å²) in [5, 5.41) is 30.9. The Kier molecular flexibility index (Phi) is 33.1. The van der Waals surface area contributed by atoms with Gasteiger partial charge in [0.2, 0.25) is 0 Å². The van der Waals surface area contributed by atoms with Gasteiger partial charge in [-0.2, -0.15) is 8.42 Å². The van der Waals surface area contributed by atoms with Gasteiger partial charge in [0.15, 0.2) is 12.4 Å². The van der Waals surface area contributed by atoms with Crippen molar-refractivity contribution in [2.45, 2.75) is 218 Å². The lowest BCUT2D eigenvalue weighted by Gasteiger charge is -2.40. The summed E-state index contributed by atoms with van der Waals surface area (Å²) >= 11 is 0. The molecule has 12 nitrogen and oxygen atoms in total. The van der Waals surface area contributed by atoms with E-state index in [0.29, 0.717) is 12.8 Å². The fraction of sp³-hybridized carbons (Fsp3) is 0.822. The minimum Gasteiger partial charge on any atom is -0.462 e. The number of hydrogen-bond acceptors (Lipinski definition) is 11. The number of aliphatic hydroxyl groups is 3. The molecule has 0 saturated carbocycles. The van der Waals surface area contributed by atoms with Gasteiger partial charge in [-0.3, -0.25) is 14.1 Å². The number of unbranched alkanes of at least 4 members (excludes halogenated alkanes) is 19. The predicted octanol–water partition coefficient (Wildman–Crippen LogP) is 9.00. The third-order valence-electron chi connectivity index (χ3n) is 10.2. The van der Waals surface area contributed by atoms with Crippen LogP contribution in [-0.2, 0) is 38.7 Å². The molecule has 0 bridgehead atoms. The van der Waals surface area contributed by atoms with E-state index in [1.54, 1.807) is 0 Å². The van der Waals surface area contributed by atoms with E-state index in [9.17, 15) is 37.9 Å². The minimum atomic E-state index is -4.60. The van der Waals surface area contributed by atoms with Crippen molar-refractivity contribution >= 4 is 22.1 Å². The lowest BCUT2D eigenvalue weighted by Crippen LogP contribution is -2.60. The molecule has 6 atom stereocenters. The van der Waals surface area contributed by atoms with Gasteiger partial charge in [-0.1, -0.05) is 159 Å². The Morgan fingerprint density at radius 2 is 1.09 bits per heavy atom. The molecule has 0 amide bonds. The summed E-state index contributed by atoms with van der Waals surface area (Å²) in [5.74, 6) is -2.00. The first-order chi connectivity index (χ1) is 28.0. The maximum absolute atomic E-state index is 12.8. The second kappa shape index (κ2) is 35.6. The van der Waals surface area contributed by atoms with Crippen molar-refractivity contribution in [1.29, 1.82) is 0 Å². The highest BCUT2D eigenvalue weighted by Gasteiger charge is 2.46. The summed E-state index contributed by atoms with van der Waals surface area (Å²) in [5.41, 5.74) is 0. The molecule has 1 heterocycles. The number of allylic oxidation sites excluding steroid dienone is 6. The van der Waals surface area contributed by atoms with Crippen molar-refractivity contribution in [1.82, 2.24) is 0 Å². The highest BCUT2D eigenvalue weighted by Crippen LogP contribution is 2.24. The smallest absolute Gasteiger partial charge is 0.306 e. The van der Waals surface area contributed by atoms with Gasteiger partial charge in [-0.25, -0.2) is 0 Å². The number of carbonyl (C=O) groups is 2. The van der Waals surface area contributed by atoms with Crippen LogP contribution in [0.15, 0.2) is 36.5 Å². The fourth-order valence-corrected chi connectivity index (χ4v) is 7.44. The summed E-state index contributed by atoms with van der Waals surface area (Å²) in [7, 11) is -4.60. The van der Waals surface area contributed by atoms with Gasteiger partial charge in [0, 0.05) is 12.8 Å². The predicted molar refractivity (Wildman–Crippen MR) is 229 cm³/mol. The zero-order chi connectivity index (χ0) is 42.7. The quantitative estimate of drug-likeness (QED) is 0.0202. The molecule has 338 valence electrons. The van der Waals surface area contributed by atoms with Gasteiger partial charge in [0.25, 0.3) is 10.1 Å². The normalized spacial score (nSPS) is 20.7. The van der Waals surface area contributed by atoms with Crippen LogP contribution in [0.1, 0.15) is 181 Å². The summed E-state index contributed by atoms with van der Waals surface area (Å²) in [6, 6.07) is 0. The molecule has 0 aromatic heterocycles. The van der Waals surface area contributed by atoms with E-state index < -0.39 is 71.2 Å². The van der Waals surface area contributed by atoms with E-state index in [1.807, 2.05) is 0 Å². The molecule has 13 heteroatoms. The summed E-state index contributed by atoms with van der Waals surface area (Å²) in [4.78, 5) is 25.4. The van der Waals surface area contributed by atoms with Crippen LogP contribution in [0.25, 0.3) is 0 Å². The van der Waals surface area contributed by atoms with E-state index >= 15 is 0 Å². The molecule has 0 aromatic carbocycles. The van der Waals surface area contributed by atoms with Crippen LogP contribution in [0.5, 0.6) is 0 Å². The van der Waals surface area contributed by atoms with E-state index in [1.165, 1.54) is 70.6 Å². The molecule has 1 aliphatic rings. The van der Waals surface area contributed by atoms with E-state index in [0.717, 1.165) is 70.6 Å². The lowest BCUT2D eigenvalue weighted by atomic mass is 10.00. The molecule has 0 aliphatic carbocycles. The van der Waals surface area contributed by atoms with Crippen molar-refractivity contribution in [3.8, 4) is 0 Å². The third kappa shape index (κ3) is 30.0. The zero-order valence-electron chi connectivity index (χ0n) is 35.9. The van der Waals surface area contributed by atoms with Crippen LogP contribution in [-0.4, -0.2) is 96.0 Å². The van der Waals surface area contributed by atoms with Crippen LogP contribution < -0.4 is 0 Å². The first-order valence-electron chi connectivity index (χ1n) is 22.5. The van der Waals surface area contributed by atoms with Gasteiger partial charge in [-0.15, -0.1) is 0 Å². The SMILES string of the molecule is CC/C=C/C/C=C/C/C=C/CCCCCCCC(=O)O[C@H](COC(=O)CCCCCCCCCCCCCCCCC)CO[C@H]1O[C@H](CS(=O)(=O)O)[C@@H](O)C(O)C1O. The van der Waals surface area contributed by atoms with E-state index in [-0.39, 0.29) is 19.4 Å². The molecule has 58 heavy (non-hydrogen) atoms. The van der Waals surface area contributed by atoms with Crippen molar-refractivity contribution in [2.24, 2.45) is 0 Å². The molecule has 0 aromatic rings. The van der Waals surface area contributed by atoms with Crippen LogP contribution in [0, 0.1) is 0 Å². The van der Waals surface area contributed by atoms with Gasteiger partial charge in [-0.05, 0) is 44.9 Å². The van der Waals surface area contributed by atoms with Crippen molar-refractivity contribution in [3.63, 3.8) is 0 Å². The molecular formula is C45H80O12S. The number of ether oxygens (including phenoxy) is 4. The highest BCUT2D eigenvalue weighted by atomic mass is 32.2. The Bertz CT molecular complexity index is 1220. The average Bonchev–Trinajstić information content (AvgIpc) is 3.18. The van der Waals surface area contributed by atoms with Gasteiger partial charge < -0.3 is 34.3 Å². The van der Waals surface area contributed by atoms with E-state index in [4.69, 9.17) is 18.9 Å². The Balaban J connectivity index is 2.46.